The van der Waals surface area contributed by atoms with E-state index < -0.39 is 47.2 Å². The highest BCUT2D eigenvalue weighted by molar-refractivity contribution is 8.00. The molecule has 3 atom stereocenters. The number of esters is 2. The summed E-state index contributed by atoms with van der Waals surface area (Å²) in [4.78, 5) is 68.9. The highest BCUT2D eigenvalue weighted by atomic mass is 32.2. The van der Waals surface area contributed by atoms with Gasteiger partial charge in [0.15, 0.2) is 0 Å². The van der Waals surface area contributed by atoms with Crippen LogP contribution in [-0.2, 0) is 33.4 Å². The van der Waals surface area contributed by atoms with Gasteiger partial charge in [-0.15, -0.1) is 11.8 Å². The van der Waals surface area contributed by atoms with Crippen molar-refractivity contribution >= 4 is 41.5 Å². The first kappa shape index (κ1) is 29.9. The molecule has 0 radical (unpaired) electrons. The lowest BCUT2D eigenvalue weighted by atomic mass is 10.0. The van der Waals surface area contributed by atoms with Gasteiger partial charge in [0.2, 0.25) is 5.91 Å². The van der Waals surface area contributed by atoms with Crippen LogP contribution in [-0.4, -0.2) is 145 Å². The molecule has 2 N–H and O–H groups in total. The summed E-state index contributed by atoms with van der Waals surface area (Å²) in [5.74, 6) is -2.95. The summed E-state index contributed by atoms with van der Waals surface area (Å²) < 4.78 is 9.97. The number of amides is 2. The van der Waals surface area contributed by atoms with E-state index in [1.807, 2.05) is 19.0 Å². The van der Waals surface area contributed by atoms with Crippen LogP contribution in [0.1, 0.15) is 19.8 Å². The van der Waals surface area contributed by atoms with Crippen molar-refractivity contribution in [2.24, 2.45) is 0 Å². The van der Waals surface area contributed by atoms with Gasteiger partial charge < -0.3 is 29.7 Å². The number of ether oxygens (including phenoxy) is 2. The quantitative estimate of drug-likeness (QED) is 0.260. The monoisotopic (exact) mass is 555 g/mol. The summed E-state index contributed by atoms with van der Waals surface area (Å²) in [5.41, 5.74) is 0.118. The van der Waals surface area contributed by atoms with Gasteiger partial charge >= 0.3 is 17.9 Å². The number of carbonyl (C=O) groups is 5. The number of rotatable bonds is 9. The lowest BCUT2D eigenvalue weighted by molar-refractivity contribution is -0.151. The minimum Gasteiger partial charge on any atom is -0.477 e. The molecule has 13 nitrogen and oxygen atoms in total. The maximum atomic E-state index is 12.8. The maximum Gasteiger partial charge on any atom is 0.352 e. The second-order valence-corrected chi connectivity index (χ2v) is 10.8. The summed E-state index contributed by atoms with van der Waals surface area (Å²) in [6.45, 7) is 5.71. The van der Waals surface area contributed by atoms with Crippen LogP contribution < -0.4 is 5.32 Å². The van der Waals surface area contributed by atoms with E-state index in [0.717, 1.165) is 31.1 Å². The molecule has 2 fully saturated rings. The molecule has 0 bridgehead atoms. The molecule has 0 aliphatic carbocycles. The van der Waals surface area contributed by atoms with Crippen LogP contribution in [0.2, 0.25) is 0 Å². The molecule has 0 aromatic rings. The van der Waals surface area contributed by atoms with Crippen LogP contribution in [0.4, 0.5) is 0 Å². The number of carboxylic acid groups (broad SMARTS) is 1. The Labute approximate surface area is 226 Å². The van der Waals surface area contributed by atoms with Crippen LogP contribution in [0.3, 0.4) is 0 Å². The van der Waals surface area contributed by atoms with E-state index in [0.29, 0.717) is 18.7 Å². The molecule has 14 heteroatoms. The number of methoxy groups -OCH3 is 1. The third-order valence-corrected chi connectivity index (χ3v) is 8.32. The van der Waals surface area contributed by atoms with Gasteiger partial charge in [-0.1, -0.05) is 0 Å². The number of nitrogens with zero attached hydrogens (tertiary/aromatic N) is 4. The van der Waals surface area contributed by atoms with Gasteiger partial charge in [0, 0.05) is 63.9 Å². The summed E-state index contributed by atoms with van der Waals surface area (Å²) in [6.07, 6.45) is 0.226. The molecule has 3 aliphatic heterocycles. The average molecular weight is 556 g/mol. The van der Waals surface area contributed by atoms with E-state index in [1.165, 1.54) is 25.8 Å². The Morgan fingerprint density at radius 1 is 1.08 bits per heavy atom. The number of β-lactam (4-membered cyclic amide) rings is 1. The van der Waals surface area contributed by atoms with Crippen LogP contribution in [0.5, 0.6) is 0 Å². The van der Waals surface area contributed by atoms with Gasteiger partial charge in [0.05, 0.1) is 7.11 Å². The predicted octanol–water partition coefficient (Wildman–Crippen LogP) is -1.21. The molecular weight excluding hydrogens is 518 g/mol. The van der Waals surface area contributed by atoms with Gasteiger partial charge in [0.25, 0.3) is 5.91 Å². The minimum atomic E-state index is -1.29. The first-order valence-electron chi connectivity index (χ1n) is 12.5. The number of carbonyl (C=O) groups excluding carboxylic acids is 4. The predicted molar refractivity (Wildman–Crippen MR) is 138 cm³/mol. The normalized spacial score (nSPS) is 24.3. The van der Waals surface area contributed by atoms with Gasteiger partial charge in [-0.25, -0.2) is 4.79 Å². The fourth-order valence-corrected chi connectivity index (χ4v) is 6.00. The molecule has 0 saturated carbocycles. The van der Waals surface area contributed by atoms with E-state index in [1.54, 1.807) is 0 Å². The number of fused-ring (bicyclic) bond motifs is 1. The molecule has 0 aromatic carbocycles. The van der Waals surface area contributed by atoms with Crippen molar-refractivity contribution in [3.05, 3.63) is 11.3 Å². The molecule has 0 aromatic heterocycles. The molecule has 3 heterocycles. The maximum absolute atomic E-state index is 12.8. The largest absolute Gasteiger partial charge is 0.477 e. The van der Waals surface area contributed by atoms with Crippen molar-refractivity contribution < 1.29 is 38.6 Å². The minimum absolute atomic E-state index is 0.00242. The number of hydrogen-bond acceptors (Lipinski definition) is 11. The lowest BCUT2D eigenvalue weighted by Gasteiger charge is -2.49. The summed E-state index contributed by atoms with van der Waals surface area (Å²) >= 11 is 1.30. The third kappa shape index (κ3) is 7.24. The van der Waals surface area contributed by atoms with Crippen LogP contribution in [0.25, 0.3) is 0 Å². The Morgan fingerprint density at radius 2 is 1.68 bits per heavy atom. The summed E-state index contributed by atoms with van der Waals surface area (Å²) in [7, 11) is 5.39. The first-order valence-corrected chi connectivity index (χ1v) is 13.6. The van der Waals surface area contributed by atoms with Gasteiger partial charge in [0.1, 0.15) is 29.8 Å². The highest BCUT2D eigenvalue weighted by Gasteiger charge is 2.54. The van der Waals surface area contributed by atoms with E-state index in [-0.39, 0.29) is 30.9 Å². The fraction of sp³-hybridized carbons (Fsp3) is 0.708. The van der Waals surface area contributed by atoms with Gasteiger partial charge in [-0.05, 0) is 20.5 Å². The van der Waals surface area contributed by atoms with Crippen LogP contribution in [0, 0.1) is 0 Å². The zero-order valence-corrected chi connectivity index (χ0v) is 23.1. The Hall–Kier alpha value is -2.68. The van der Waals surface area contributed by atoms with Crippen molar-refractivity contribution in [2.75, 3.05) is 72.8 Å². The third-order valence-electron chi connectivity index (χ3n) is 6.98. The smallest absolute Gasteiger partial charge is 0.352 e. The Bertz CT molecular complexity index is 961. The number of aliphatic carboxylic acids is 1. The number of likely N-dealkylation sites (N-methyl/N-ethyl adjacent to an activating group) is 2. The molecule has 3 aliphatic rings. The molecular formula is C24H37N5O8S. The summed E-state index contributed by atoms with van der Waals surface area (Å²) in [6, 6.07) is -1.48. The molecule has 38 heavy (non-hydrogen) atoms. The Morgan fingerprint density at radius 3 is 2.24 bits per heavy atom. The van der Waals surface area contributed by atoms with Crippen LogP contribution in [0.15, 0.2) is 11.3 Å². The van der Waals surface area contributed by atoms with Crippen molar-refractivity contribution in [3.63, 3.8) is 0 Å². The van der Waals surface area contributed by atoms with E-state index >= 15 is 0 Å². The molecule has 3 rings (SSSR count). The zero-order valence-electron chi connectivity index (χ0n) is 22.3. The average Bonchev–Trinajstić information content (AvgIpc) is 2.96. The lowest BCUT2D eigenvalue weighted by Crippen LogP contribution is -2.70. The van der Waals surface area contributed by atoms with Crippen LogP contribution >= 0.6 is 11.8 Å². The van der Waals surface area contributed by atoms with Crippen molar-refractivity contribution in [3.8, 4) is 0 Å². The first-order chi connectivity index (χ1) is 18.0. The van der Waals surface area contributed by atoms with Crippen molar-refractivity contribution in [2.45, 2.75) is 37.2 Å². The van der Waals surface area contributed by atoms with E-state index in [4.69, 9.17) is 9.47 Å². The van der Waals surface area contributed by atoms with E-state index in [2.05, 4.69) is 15.1 Å². The molecule has 1 unspecified atom stereocenters. The SMILES string of the molecule is COC(=O)C(CCC(=O)N[C@@H]1C(=O)N2C(C(=O)O)=C(COC(C)=O)CS[C@H]12)N1CCN(C)CCN(C)CC1. The molecule has 212 valence electrons. The fourth-order valence-electron chi connectivity index (χ4n) is 4.67. The summed E-state index contributed by atoms with van der Waals surface area (Å²) in [5, 5.41) is 11.8. The van der Waals surface area contributed by atoms with Crippen molar-refractivity contribution in [1.29, 1.82) is 0 Å². The number of thioether (sulfide) groups is 1. The number of hydrogen-bond donors (Lipinski definition) is 2. The number of nitrogens with one attached hydrogen (secondary N) is 1. The van der Waals surface area contributed by atoms with Gasteiger partial charge in [-0.2, -0.15) is 0 Å². The Kier molecular flexibility index (Phi) is 10.5. The molecule has 2 amide bonds. The zero-order chi connectivity index (χ0) is 28.0. The molecule has 0 spiro atoms. The second kappa shape index (κ2) is 13.4. The number of carboxylic acids is 1. The molecule has 2 saturated heterocycles. The van der Waals surface area contributed by atoms with E-state index in [9.17, 15) is 29.1 Å². The second-order valence-electron chi connectivity index (χ2n) is 9.71. The standard InChI is InChI=1S/C24H37N5O8S/c1-15(30)37-13-16-14-38-22-19(21(32)29(22)20(16)23(33)34)25-18(31)6-5-17(24(35)36-4)28-11-9-26(2)7-8-27(3)10-12-28/h17,19,22H,5-14H2,1-4H3,(H,25,31)(H,33,34)/t17?,19-,22-/m1/s1. The highest BCUT2D eigenvalue weighted by Crippen LogP contribution is 2.40. The van der Waals surface area contributed by atoms with Crippen molar-refractivity contribution in [1.82, 2.24) is 24.9 Å². The topological polar surface area (TPSA) is 149 Å². The Balaban J connectivity index is 1.61. The van der Waals surface area contributed by atoms with Gasteiger partial charge in [-0.3, -0.25) is 29.0 Å².